The van der Waals surface area contributed by atoms with Gasteiger partial charge >= 0.3 is 0 Å². The van der Waals surface area contributed by atoms with Crippen molar-refractivity contribution in [3.8, 4) is 6.07 Å². The standard InChI is InChI=1S/C17H13ClN2O/c18-16-8-4-7-14(10-16)9-15(11-19)17(21)20-12-13-5-2-1-3-6-13/h1-10H,12H2,(H,20,21). The predicted molar refractivity (Wildman–Crippen MR) is 83.3 cm³/mol. The normalized spacial score (nSPS) is 10.8. The highest BCUT2D eigenvalue weighted by atomic mass is 35.5. The maximum Gasteiger partial charge on any atom is 0.262 e. The molecule has 0 heterocycles. The van der Waals surface area contributed by atoms with Crippen molar-refractivity contribution in [2.24, 2.45) is 0 Å². The van der Waals surface area contributed by atoms with Gasteiger partial charge in [-0.1, -0.05) is 54.1 Å². The number of carbonyl (C=O) groups excluding carboxylic acids is 1. The van der Waals surface area contributed by atoms with Crippen molar-refractivity contribution in [2.75, 3.05) is 0 Å². The highest BCUT2D eigenvalue weighted by Gasteiger charge is 2.08. The van der Waals surface area contributed by atoms with E-state index in [2.05, 4.69) is 5.32 Å². The summed E-state index contributed by atoms with van der Waals surface area (Å²) in [5.41, 5.74) is 1.74. The van der Waals surface area contributed by atoms with Crippen LogP contribution in [0.1, 0.15) is 11.1 Å². The Bertz CT molecular complexity index is 702. The van der Waals surface area contributed by atoms with Crippen LogP contribution in [-0.4, -0.2) is 5.91 Å². The van der Waals surface area contributed by atoms with E-state index in [-0.39, 0.29) is 5.57 Å². The topological polar surface area (TPSA) is 52.9 Å². The van der Waals surface area contributed by atoms with Crippen molar-refractivity contribution >= 4 is 23.6 Å². The lowest BCUT2D eigenvalue weighted by atomic mass is 10.1. The number of carbonyl (C=O) groups is 1. The minimum Gasteiger partial charge on any atom is -0.347 e. The average molecular weight is 297 g/mol. The summed E-state index contributed by atoms with van der Waals surface area (Å²) < 4.78 is 0. The van der Waals surface area contributed by atoms with Crippen molar-refractivity contribution in [1.29, 1.82) is 5.26 Å². The second kappa shape index (κ2) is 7.28. The third-order valence-electron chi connectivity index (χ3n) is 2.82. The summed E-state index contributed by atoms with van der Waals surface area (Å²) in [6.07, 6.45) is 1.52. The average Bonchev–Trinajstić information content (AvgIpc) is 2.51. The fourth-order valence-corrected chi connectivity index (χ4v) is 1.98. The summed E-state index contributed by atoms with van der Waals surface area (Å²) in [5, 5.41) is 12.4. The Kier molecular flexibility index (Phi) is 5.14. The third kappa shape index (κ3) is 4.48. The van der Waals surface area contributed by atoms with Gasteiger partial charge in [-0.15, -0.1) is 0 Å². The van der Waals surface area contributed by atoms with E-state index in [0.29, 0.717) is 17.1 Å². The lowest BCUT2D eigenvalue weighted by Gasteiger charge is -2.04. The number of nitrogens with zero attached hydrogens (tertiary/aromatic N) is 1. The molecule has 0 aliphatic heterocycles. The van der Waals surface area contributed by atoms with Crippen LogP contribution in [0.25, 0.3) is 6.08 Å². The first-order valence-electron chi connectivity index (χ1n) is 6.38. The zero-order valence-electron chi connectivity index (χ0n) is 11.2. The van der Waals surface area contributed by atoms with Crippen molar-refractivity contribution < 1.29 is 4.79 Å². The SMILES string of the molecule is N#CC(=Cc1cccc(Cl)c1)C(=O)NCc1ccccc1. The van der Waals surface area contributed by atoms with Gasteiger partial charge in [0.1, 0.15) is 11.6 Å². The van der Waals surface area contributed by atoms with Gasteiger partial charge in [0.25, 0.3) is 5.91 Å². The lowest BCUT2D eigenvalue weighted by molar-refractivity contribution is -0.117. The first-order valence-corrected chi connectivity index (χ1v) is 6.76. The number of hydrogen-bond donors (Lipinski definition) is 1. The Morgan fingerprint density at radius 2 is 1.95 bits per heavy atom. The molecule has 3 nitrogen and oxygen atoms in total. The summed E-state index contributed by atoms with van der Waals surface area (Å²) in [6, 6.07) is 18.4. The Labute approximate surface area is 128 Å². The van der Waals surface area contributed by atoms with Crippen molar-refractivity contribution in [3.05, 3.63) is 76.3 Å². The van der Waals surface area contributed by atoms with Crippen LogP contribution in [0.4, 0.5) is 0 Å². The predicted octanol–water partition coefficient (Wildman–Crippen LogP) is 3.56. The second-order valence-corrected chi connectivity index (χ2v) is 4.83. The maximum absolute atomic E-state index is 12.0. The molecule has 2 aromatic carbocycles. The van der Waals surface area contributed by atoms with Crippen LogP contribution in [0.15, 0.2) is 60.2 Å². The Morgan fingerprint density at radius 1 is 1.19 bits per heavy atom. The molecule has 0 saturated heterocycles. The van der Waals surface area contributed by atoms with Gasteiger partial charge in [-0.2, -0.15) is 5.26 Å². The van der Waals surface area contributed by atoms with Crippen LogP contribution >= 0.6 is 11.6 Å². The van der Waals surface area contributed by atoms with E-state index in [0.717, 1.165) is 5.56 Å². The number of nitriles is 1. The first kappa shape index (κ1) is 14.8. The molecule has 21 heavy (non-hydrogen) atoms. The minimum atomic E-state index is -0.402. The first-order chi connectivity index (χ1) is 10.2. The molecular formula is C17H13ClN2O. The molecule has 1 N–H and O–H groups in total. The third-order valence-corrected chi connectivity index (χ3v) is 3.06. The number of nitrogens with one attached hydrogen (secondary N) is 1. The van der Waals surface area contributed by atoms with Gasteiger partial charge in [-0.3, -0.25) is 4.79 Å². The van der Waals surface area contributed by atoms with Crippen molar-refractivity contribution in [1.82, 2.24) is 5.32 Å². The zero-order valence-corrected chi connectivity index (χ0v) is 12.0. The highest BCUT2D eigenvalue weighted by molar-refractivity contribution is 6.30. The van der Waals surface area contributed by atoms with Gasteiger partial charge in [0, 0.05) is 11.6 Å². The number of benzene rings is 2. The summed E-state index contributed by atoms with van der Waals surface area (Å²) in [4.78, 5) is 12.0. The molecule has 0 radical (unpaired) electrons. The smallest absolute Gasteiger partial charge is 0.262 e. The van der Waals surface area contributed by atoms with E-state index in [1.54, 1.807) is 24.3 Å². The molecule has 0 bridgehead atoms. The van der Waals surface area contributed by atoms with Crippen molar-refractivity contribution in [3.63, 3.8) is 0 Å². The lowest BCUT2D eigenvalue weighted by Crippen LogP contribution is -2.23. The van der Waals surface area contributed by atoms with Crippen molar-refractivity contribution in [2.45, 2.75) is 6.54 Å². The van der Waals surface area contributed by atoms with Gasteiger partial charge in [0.15, 0.2) is 0 Å². The van der Waals surface area contributed by atoms with Gasteiger partial charge in [-0.25, -0.2) is 0 Å². The molecule has 2 aromatic rings. The summed E-state index contributed by atoms with van der Waals surface area (Å²) >= 11 is 5.88. The van der Waals surface area contributed by atoms with Crippen LogP contribution in [0.5, 0.6) is 0 Å². The quantitative estimate of drug-likeness (QED) is 0.693. The molecule has 0 spiro atoms. The van der Waals surface area contributed by atoms with Gasteiger partial charge in [0.05, 0.1) is 0 Å². The fraction of sp³-hybridized carbons (Fsp3) is 0.0588. The summed E-state index contributed by atoms with van der Waals surface area (Å²) in [5.74, 6) is -0.402. The molecule has 2 rings (SSSR count). The molecule has 0 fully saturated rings. The van der Waals surface area contributed by atoms with Crippen LogP contribution < -0.4 is 5.32 Å². The van der Waals surface area contributed by atoms with E-state index in [4.69, 9.17) is 16.9 Å². The Hall–Kier alpha value is -2.57. The summed E-state index contributed by atoms with van der Waals surface area (Å²) in [6.45, 7) is 0.383. The second-order valence-electron chi connectivity index (χ2n) is 4.39. The summed E-state index contributed by atoms with van der Waals surface area (Å²) in [7, 11) is 0. The molecule has 0 aliphatic rings. The van der Waals surface area contributed by atoms with Gasteiger partial charge in [-0.05, 0) is 29.3 Å². The van der Waals surface area contributed by atoms with E-state index in [9.17, 15) is 4.79 Å². The zero-order chi connectivity index (χ0) is 15.1. The van der Waals surface area contributed by atoms with Gasteiger partial charge < -0.3 is 5.32 Å². The van der Waals surface area contributed by atoms with Gasteiger partial charge in [0.2, 0.25) is 0 Å². The molecule has 0 aromatic heterocycles. The molecule has 4 heteroatoms. The van der Waals surface area contributed by atoms with E-state index in [1.807, 2.05) is 36.4 Å². The molecule has 104 valence electrons. The van der Waals surface area contributed by atoms with Crippen LogP contribution in [-0.2, 0) is 11.3 Å². The maximum atomic E-state index is 12.0. The Balaban J connectivity index is 2.07. The molecule has 0 atom stereocenters. The number of hydrogen-bond acceptors (Lipinski definition) is 2. The fourth-order valence-electron chi connectivity index (χ4n) is 1.79. The highest BCUT2D eigenvalue weighted by Crippen LogP contribution is 2.13. The van der Waals surface area contributed by atoms with Crippen LogP contribution in [0.3, 0.4) is 0 Å². The number of halogens is 1. The monoisotopic (exact) mass is 296 g/mol. The van der Waals surface area contributed by atoms with Crippen LogP contribution in [0.2, 0.25) is 5.02 Å². The van der Waals surface area contributed by atoms with E-state index in [1.165, 1.54) is 6.08 Å². The molecule has 1 amide bonds. The number of amides is 1. The molecule has 0 unspecified atom stereocenters. The molecule has 0 saturated carbocycles. The Morgan fingerprint density at radius 3 is 2.62 bits per heavy atom. The molecular weight excluding hydrogens is 284 g/mol. The molecule has 0 aliphatic carbocycles. The minimum absolute atomic E-state index is 0.0493. The van der Waals surface area contributed by atoms with E-state index >= 15 is 0 Å². The number of rotatable bonds is 4. The van der Waals surface area contributed by atoms with E-state index < -0.39 is 5.91 Å². The van der Waals surface area contributed by atoms with Crippen LogP contribution in [0, 0.1) is 11.3 Å². The largest absolute Gasteiger partial charge is 0.347 e.